The van der Waals surface area contributed by atoms with Crippen molar-refractivity contribution >= 4 is 15.9 Å². The van der Waals surface area contributed by atoms with Gasteiger partial charge >= 0.3 is 6.09 Å². The molecule has 0 spiro atoms. The van der Waals surface area contributed by atoms with E-state index < -0.39 is 21.5 Å². The van der Waals surface area contributed by atoms with Gasteiger partial charge in [-0.15, -0.1) is 0 Å². The zero-order valence-electron chi connectivity index (χ0n) is 14.2. The van der Waals surface area contributed by atoms with Crippen LogP contribution < -0.4 is 0 Å². The molecule has 1 atom stereocenters. The third kappa shape index (κ3) is 4.70. The minimum absolute atomic E-state index is 0.0602. The molecule has 1 fully saturated rings. The fourth-order valence-corrected chi connectivity index (χ4v) is 4.26. The minimum Gasteiger partial charge on any atom is -0.444 e. The summed E-state index contributed by atoms with van der Waals surface area (Å²) < 4.78 is 30.5. The Morgan fingerprint density at radius 2 is 1.87 bits per heavy atom. The van der Waals surface area contributed by atoms with Gasteiger partial charge in [0.1, 0.15) is 5.60 Å². The van der Waals surface area contributed by atoms with Gasteiger partial charge in [0.2, 0.25) is 0 Å². The van der Waals surface area contributed by atoms with Gasteiger partial charge in [-0.25, -0.2) is 13.2 Å². The van der Waals surface area contributed by atoms with Crippen LogP contribution in [-0.2, 0) is 14.6 Å². The van der Waals surface area contributed by atoms with Gasteiger partial charge in [0, 0.05) is 12.6 Å². The molecule has 1 heterocycles. The number of carbonyl (C=O) groups is 1. The predicted molar refractivity (Wildman–Crippen MR) is 89.2 cm³/mol. The normalized spacial score (nSPS) is 19.0. The highest BCUT2D eigenvalue weighted by Gasteiger charge is 2.35. The number of rotatable bonds is 3. The molecule has 0 aromatic heterocycles. The molecule has 23 heavy (non-hydrogen) atoms. The lowest BCUT2D eigenvalue weighted by Crippen LogP contribution is -2.42. The van der Waals surface area contributed by atoms with E-state index in [1.54, 1.807) is 49.9 Å². The van der Waals surface area contributed by atoms with Crippen LogP contribution in [-0.4, -0.2) is 43.4 Å². The summed E-state index contributed by atoms with van der Waals surface area (Å²) >= 11 is 0. The van der Waals surface area contributed by atoms with Crippen molar-refractivity contribution < 1.29 is 17.9 Å². The number of aryl methyl sites for hydroxylation is 1. The minimum atomic E-state index is -3.42. The molecule has 0 radical (unpaired) electrons. The quantitative estimate of drug-likeness (QED) is 0.848. The van der Waals surface area contributed by atoms with Crippen LogP contribution in [0, 0.1) is 6.92 Å². The Hall–Kier alpha value is -1.56. The van der Waals surface area contributed by atoms with Crippen molar-refractivity contribution in [2.45, 2.75) is 57.1 Å². The van der Waals surface area contributed by atoms with Crippen LogP contribution in [0.1, 0.15) is 39.2 Å². The highest BCUT2D eigenvalue weighted by molar-refractivity contribution is 7.91. The van der Waals surface area contributed by atoms with Crippen molar-refractivity contribution in [3.05, 3.63) is 29.8 Å². The summed E-state index contributed by atoms with van der Waals surface area (Å²) in [6, 6.07) is 6.49. The van der Waals surface area contributed by atoms with Gasteiger partial charge in [-0.1, -0.05) is 17.7 Å². The molecule has 0 unspecified atom stereocenters. The molecule has 128 valence electrons. The molecule has 2 rings (SSSR count). The molecule has 1 aromatic carbocycles. The van der Waals surface area contributed by atoms with Crippen LogP contribution >= 0.6 is 0 Å². The highest BCUT2D eigenvalue weighted by Crippen LogP contribution is 2.24. The Balaban J connectivity index is 2.11. The van der Waals surface area contributed by atoms with E-state index in [9.17, 15) is 13.2 Å². The Morgan fingerprint density at radius 1 is 1.26 bits per heavy atom. The zero-order valence-corrected chi connectivity index (χ0v) is 15.0. The van der Waals surface area contributed by atoms with Crippen LogP contribution in [0.2, 0.25) is 0 Å². The molecule has 1 saturated heterocycles. The summed E-state index contributed by atoms with van der Waals surface area (Å²) in [5.74, 6) is -0.0602. The standard InChI is InChI=1S/C17H25NO4S/c1-13-7-9-15(10-8-13)23(20,21)12-14-6-5-11-18(14)16(19)22-17(2,3)4/h7-10,14H,5-6,11-12H2,1-4H3/t14-/m0/s1. The monoisotopic (exact) mass is 339 g/mol. The van der Waals surface area contributed by atoms with E-state index in [4.69, 9.17) is 4.74 Å². The first-order valence-electron chi connectivity index (χ1n) is 7.87. The molecule has 1 aromatic rings. The SMILES string of the molecule is Cc1ccc(S(=O)(=O)C[C@@H]2CCCN2C(=O)OC(C)(C)C)cc1. The van der Waals surface area contributed by atoms with E-state index in [0.29, 0.717) is 17.9 Å². The molecule has 1 amide bonds. The lowest BCUT2D eigenvalue weighted by molar-refractivity contribution is 0.0241. The van der Waals surface area contributed by atoms with Crippen molar-refractivity contribution in [3.8, 4) is 0 Å². The van der Waals surface area contributed by atoms with E-state index in [1.807, 2.05) is 6.92 Å². The number of ether oxygens (including phenoxy) is 1. The Morgan fingerprint density at radius 3 is 2.43 bits per heavy atom. The summed E-state index contributed by atoms with van der Waals surface area (Å²) in [5.41, 5.74) is 0.431. The molecular weight excluding hydrogens is 314 g/mol. The maximum atomic E-state index is 12.6. The van der Waals surface area contributed by atoms with Crippen molar-refractivity contribution in [2.24, 2.45) is 0 Å². The average Bonchev–Trinajstić information content (AvgIpc) is 2.84. The number of benzene rings is 1. The Kier molecular flexibility index (Phi) is 5.04. The van der Waals surface area contributed by atoms with Crippen molar-refractivity contribution in [1.82, 2.24) is 4.90 Å². The highest BCUT2D eigenvalue weighted by atomic mass is 32.2. The summed E-state index contributed by atoms with van der Waals surface area (Å²) in [6.45, 7) is 7.87. The van der Waals surface area contributed by atoms with Gasteiger partial charge in [-0.2, -0.15) is 0 Å². The first-order chi connectivity index (χ1) is 10.6. The third-order valence-corrected chi connectivity index (χ3v) is 5.61. The lowest BCUT2D eigenvalue weighted by Gasteiger charge is -2.28. The van der Waals surface area contributed by atoms with Crippen LogP contribution in [0.4, 0.5) is 4.79 Å². The number of nitrogens with zero attached hydrogens (tertiary/aromatic N) is 1. The smallest absolute Gasteiger partial charge is 0.410 e. The van der Waals surface area contributed by atoms with Gasteiger partial charge in [0.25, 0.3) is 0 Å². The Labute approximate surface area is 138 Å². The van der Waals surface area contributed by atoms with E-state index in [-0.39, 0.29) is 11.8 Å². The summed E-state index contributed by atoms with van der Waals surface area (Å²) in [6.07, 6.45) is 1.05. The van der Waals surface area contributed by atoms with E-state index >= 15 is 0 Å². The fourth-order valence-electron chi connectivity index (χ4n) is 2.66. The molecule has 0 N–H and O–H groups in total. The van der Waals surface area contributed by atoms with Gasteiger partial charge < -0.3 is 9.64 Å². The third-order valence-electron chi connectivity index (χ3n) is 3.80. The number of carbonyl (C=O) groups excluding carboxylic acids is 1. The maximum absolute atomic E-state index is 12.6. The van der Waals surface area contributed by atoms with Gasteiger partial charge in [-0.05, 0) is 52.7 Å². The first-order valence-corrected chi connectivity index (χ1v) is 9.53. The van der Waals surface area contributed by atoms with Crippen molar-refractivity contribution in [2.75, 3.05) is 12.3 Å². The van der Waals surface area contributed by atoms with E-state index in [1.165, 1.54) is 0 Å². The second-order valence-corrected chi connectivity index (χ2v) is 9.10. The van der Waals surface area contributed by atoms with Gasteiger partial charge in [-0.3, -0.25) is 0 Å². The number of amides is 1. The fraction of sp³-hybridized carbons (Fsp3) is 0.588. The first kappa shape index (κ1) is 17.8. The van der Waals surface area contributed by atoms with Crippen LogP contribution in [0.3, 0.4) is 0 Å². The number of likely N-dealkylation sites (tertiary alicyclic amines) is 1. The lowest BCUT2D eigenvalue weighted by atomic mass is 10.2. The topological polar surface area (TPSA) is 63.7 Å². The molecule has 6 heteroatoms. The number of hydrogen-bond acceptors (Lipinski definition) is 4. The summed E-state index contributed by atoms with van der Waals surface area (Å²) in [4.78, 5) is 14.1. The Bertz CT molecular complexity index is 659. The number of sulfone groups is 1. The summed E-state index contributed by atoms with van der Waals surface area (Å²) in [7, 11) is -3.42. The largest absolute Gasteiger partial charge is 0.444 e. The molecule has 0 aliphatic carbocycles. The number of hydrogen-bond donors (Lipinski definition) is 0. The second kappa shape index (κ2) is 6.51. The zero-order chi connectivity index (χ0) is 17.3. The van der Waals surface area contributed by atoms with Crippen LogP contribution in [0.5, 0.6) is 0 Å². The van der Waals surface area contributed by atoms with Crippen molar-refractivity contribution in [3.63, 3.8) is 0 Å². The maximum Gasteiger partial charge on any atom is 0.410 e. The van der Waals surface area contributed by atoms with Crippen molar-refractivity contribution in [1.29, 1.82) is 0 Å². The molecule has 0 bridgehead atoms. The van der Waals surface area contributed by atoms with Gasteiger partial charge in [0.05, 0.1) is 10.6 Å². The molecule has 1 aliphatic heterocycles. The predicted octanol–water partition coefficient (Wildman–Crippen LogP) is 3.17. The molecule has 5 nitrogen and oxygen atoms in total. The second-order valence-electron chi connectivity index (χ2n) is 7.06. The van der Waals surface area contributed by atoms with Crippen LogP contribution in [0.25, 0.3) is 0 Å². The molecule has 0 saturated carbocycles. The van der Waals surface area contributed by atoms with E-state index in [2.05, 4.69) is 0 Å². The van der Waals surface area contributed by atoms with E-state index in [0.717, 1.165) is 12.0 Å². The molecular formula is C17H25NO4S. The van der Waals surface area contributed by atoms with Gasteiger partial charge in [0.15, 0.2) is 9.84 Å². The molecule has 1 aliphatic rings. The summed E-state index contributed by atoms with van der Waals surface area (Å²) in [5, 5.41) is 0. The van der Waals surface area contributed by atoms with Crippen LogP contribution in [0.15, 0.2) is 29.2 Å². The average molecular weight is 339 g/mol.